The Morgan fingerprint density at radius 1 is 1.40 bits per heavy atom. The molecule has 10 heavy (non-hydrogen) atoms. The number of sulfone groups is 1. The van der Waals surface area contributed by atoms with E-state index >= 15 is 0 Å². The predicted molar refractivity (Wildman–Crippen MR) is 28.2 cm³/mol. The Bertz CT molecular complexity index is 233. The summed E-state index contributed by atoms with van der Waals surface area (Å²) in [6.45, 7) is 0. The summed E-state index contributed by atoms with van der Waals surface area (Å²) in [5.41, 5.74) is -2.37. The van der Waals surface area contributed by atoms with Crippen molar-refractivity contribution in [2.45, 2.75) is 17.8 Å². The molecule has 0 aromatic carbocycles. The van der Waals surface area contributed by atoms with Crippen LogP contribution in [0.3, 0.4) is 0 Å². The maximum atomic E-state index is 12.1. The topological polar surface area (TPSA) is 34.1 Å². The average Bonchev–Trinajstić information content (AvgIpc) is 1.73. The fourth-order valence-corrected chi connectivity index (χ4v) is 2.19. The molecule has 1 rings (SSSR count). The molecular weight excluding hydrogens is 169 g/mol. The van der Waals surface area contributed by atoms with Crippen LogP contribution in [0, 0.1) is 0 Å². The number of hydrogen-bond acceptors (Lipinski definition) is 2. The molecule has 0 aromatic heterocycles. The zero-order valence-electron chi connectivity index (χ0n) is 4.85. The van der Waals surface area contributed by atoms with Gasteiger partial charge in [-0.25, -0.2) is 21.6 Å². The highest BCUT2D eigenvalue weighted by Gasteiger charge is 2.50. The quantitative estimate of drug-likeness (QED) is 0.542. The van der Waals surface area contributed by atoms with Gasteiger partial charge in [-0.15, -0.1) is 0 Å². The maximum absolute atomic E-state index is 12.1. The fraction of sp³-hybridized carbons (Fsp3) is 1.00. The van der Waals surface area contributed by atoms with Crippen molar-refractivity contribution >= 4 is 9.84 Å². The predicted octanol–water partition coefficient (Wildman–Crippen LogP) is 0.736. The van der Waals surface area contributed by atoms with Crippen molar-refractivity contribution in [1.29, 1.82) is 0 Å². The van der Waals surface area contributed by atoms with Crippen LogP contribution in [-0.4, -0.2) is 25.6 Å². The zero-order valence-corrected chi connectivity index (χ0v) is 5.67. The van der Waals surface area contributed by atoms with E-state index in [-0.39, 0.29) is 0 Å². The van der Waals surface area contributed by atoms with Crippen LogP contribution in [-0.2, 0) is 9.84 Å². The van der Waals surface area contributed by atoms with Crippen LogP contribution in [0.4, 0.5) is 13.2 Å². The molecule has 0 spiro atoms. The van der Waals surface area contributed by atoms with Crippen LogP contribution < -0.4 is 0 Å². The van der Waals surface area contributed by atoms with Crippen LogP contribution in [0.5, 0.6) is 0 Å². The van der Waals surface area contributed by atoms with E-state index in [9.17, 15) is 21.6 Å². The summed E-state index contributed by atoms with van der Waals surface area (Å²) in [6.07, 6.45) is -1.19. The van der Waals surface area contributed by atoms with Crippen LogP contribution in [0.2, 0.25) is 0 Å². The summed E-state index contributed by atoms with van der Waals surface area (Å²) >= 11 is 0. The lowest BCUT2D eigenvalue weighted by Crippen LogP contribution is -2.16. The molecule has 1 unspecified atom stereocenters. The number of halogens is 3. The van der Waals surface area contributed by atoms with Gasteiger partial charge in [0.25, 0.3) is 5.92 Å². The average molecular weight is 174 g/mol. The molecule has 1 saturated heterocycles. The van der Waals surface area contributed by atoms with Crippen LogP contribution >= 0.6 is 0 Å². The lowest BCUT2D eigenvalue weighted by atomic mass is 10.3. The minimum absolute atomic E-state index is 1.19. The fourth-order valence-electron chi connectivity index (χ4n) is 0.805. The highest BCUT2D eigenvalue weighted by molar-refractivity contribution is 7.92. The molecule has 0 N–H and O–H groups in total. The van der Waals surface area contributed by atoms with Gasteiger partial charge in [-0.3, -0.25) is 0 Å². The normalized spacial score (nSPS) is 36.1. The first-order chi connectivity index (χ1) is 4.33. The van der Waals surface area contributed by atoms with E-state index in [1.165, 1.54) is 0 Å². The molecule has 1 atom stereocenters. The van der Waals surface area contributed by atoms with Gasteiger partial charge >= 0.3 is 0 Å². The summed E-state index contributed by atoms with van der Waals surface area (Å²) in [5, 5.41) is 0. The Hall–Kier alpha value is -0.260. The summed E-state index contributed by atoms with van der Waals surface area (Å²) < 4.78 is 56.9. The van der Waals surface area contributed by atoms with E-state index in [1.807, 2.05) is 0 Å². The van der Waals surface area contributed by atoms with E-state index < -0.39 is 33.4 Å². The van der Waals surface area contributed by atoms with Gasteiger partial charge in [0.15, 0.2) is 9.84 Å². The Kier molecular flexibility index (Phi) is 1.47. The standard InChI is InChI=1S/C4H5F3O2S/c5-3-1-4(6,7)2-10(3,8)9/h3H,1-2H2. The third kappa shape index (κ3) is 1.25. The molecule has 2 nitrogen and oxygen atoms in total. The van der Waals surface area contributed by atoms with Gasteiger partial charge in [-0.05, 0) is 0 Å². The summed E-state index contributed by atoms with van der Waals surface area (Å²) in [7, 11) is -4.15. The van der Waals surface area contributed by atoms with Crippen molar-refractivity contribution in [3.63, 3.8) is 0 Å². The largest absolute Gasteiger partial charge is 0.265 e. The lowest BCUT2D eigenvalue weighted by molar-refractivity contribution is 0.0174. The van der Waals surface area contributed by atoms with Gasteiger partial charge in [0.2, 0.25) is 5.50 Å². The van der Waals surface area contributed by atoms with E-state index in [4.69, 9.17) is 0 Å². The third-order valence-electron chi connectivity index (χ3n) is 1.26. The van der Waals surface area contributed by atoms with Crippen LogP contribution in [0.25, 0.3) is 0 Å². The summed E-state index contributed by atoms with van der Waals surface area (Å²) in [6, 6.07) is 0. The van der Waals surface area contributed by atoms with Gasteiger partial charge < -0.3 is 0 Å². The molecular formula is C4H5F3O2S. The van der Waals surface area contributed by atoms with Gasteiger partial charge in [0, 0.05) is 0 Å². The first-order valence-corrected chi connectivity index (χ1v) is 4.28. The van der Waals surface area contributed by atoms with Crippen molar-refractivity contribution in [1.82, 2.24) is 0 Å². The Labute approximate surface area is 56.0 Å². The molecule has 0 aliphatic carbocycles. The van der Waals surface area contributed by atoms with Gasteiger partial charge in [0.05, 0.1) is 6.42 Å². The molecule has 1 heterocycles. The van der Waals surface area contributed by atoms with Crippen molar-refractivity contribution in [3.05, 3.63) is 0 Å². The first kappa shape index (κ1) is 7.84. The lowest BCUT2D eigenvalue weighted by Gasteiger charge is -2.01. The molecule has 0 radical (unpaired) electrons. The summed E-state index contributed by atoms with van der Waals surface area (Å²) in [5.74, 6) is -4.71. The molecule has 1 fully saturated rings. The van der Waals surface area contributed by atoms with Gasteiger partial charge in [-0.1, -0.05) is 0 Å². The van der Waals surface area contributed by atoms with E-state index in [0.29, 0.717) is 0 Å². The molecule has 0 bridgehead atoms. The second-order valence-corrected chi connectivity index (χ2v) is 4.40. The van der Waals surface area contributed by atoms with Crippen molar-refractivity contribution < 1.29 is 21.6 Å². The van der Waals surface area contributed by atoms with Crippen molar-refractivity contribution in [2.75, 3.05) is 5.75 Å². The molecule has 0 amide bonds. The van der Waals surface area contributed by atoms with E-state index in [1.54, 1.807) is 0 Å². The Morgan fingerprint density at radius 2 is 1.90 bits per heavy atom. The number of hydrogen-bond donors (Lipinski definition) is 0. The van der Waals surface area contributed by atoms with E-state index in [0.717, 1.165) is 0 Å². The third-order valence-corrected chi connectivity index (χ3v) is 3.03. The highest BCUT2D eigenvalue weighted by Crippen LogP contribution is 2.34. The molecule has 0 saturated carbocycles. The minimum Gasteiger partial charge on any atom is -0.230 e. The van der Waals surface area contributed by atoms with Gasteiger partial charge in [0.1, 0.15) is 5.75 Å². The smallest absolute Gasteiger partial charge is 0.230 e. The van der Waals surface area contributed by atoms with Crippen LogP contribution in [0.15, 0.2) is 0 Å². The number of alkyl halides is 3. The highest BCUT2D eigenvalue weighted by atomic mass is 32.2. The monoisotopic (exact) mass is 174 g/mol. The molecule has 1 aliphatic rings. The Balaban J connectivity index is 2.92. The Morgan fingerprint density at radius 3 is 2.00 bits per heavy atom. The first-order valence-electron chi connectivity index (χ1n) is 2.57. The van der Waals surface area contributed by atoms with Crippen molar-refractivity contribution in [3.8, 4) is 0 Å². The molecule has 60 valence electrons. The molecule has 1 aliphatic heterocycles. The molecule has 6 heteroatoms. The second kappa shape index (κ2) is 1.87. The zero-order chi connectivity index (χ0) is 7.99. The van der Waals surface area contributed by atoms with E-state index in [2.05, 4.69) is 0 Å². The van der Waals surface area contributed by atoms with Crippen LogP contribution in [0.1, 0.15) is 6.42 Å². The summed E-state index contributed by atoms with van der Waals surface area (Å²) in [4.78, 5) is 0. The molecule has 0 aromatic rings. The van der Waals surface area contributed by atoms with Crippen molar-refractivity contribution in [2.24, 2.45) is 0 Å². The number of rotatable bonds is 0. The van der Waals surface area contributed by atoms with Gasteiger partial charge in [-0.2, -0.15) is 0 Å². The second-order valence-electron chi connectivity index (χ2n) is 2.28. The maximum Gasteiger partial charge on any atom is 0.265 e. The minimum atomic E-state index is -4.15. The SMILES string of the molecule is O=S1(=O)CC(F)(F)CC1F.